The lowest BCUT2D eigenvalue weighted by Gasteiger charge is -2.22. The molecule has 27 heavy (non-hydrogen) atoms. The van der Waals surface area contributed by atoms with Crippen LogP contribution in [0, 0.1) is 0 Å². The number of phenolic OH excluding ortho intramolecular Hbond substituents is 1. The second-order valence-corrected chi connectivity index (χ2v) is 6.17. The summed E-state index contributed by atoms with van der Waals surface area (Å²) in [7, 11) is 0. The summed E-state index contributed by atoms with van der Waals surface area (Å²) in [4.78, 5) is 4.34. The van der Waals surface area contributed by atoms with Gasteiger partial charge in [-0.1, -0.05) is 12.1 Å². The summed E-state index contributed by atoms with van der Waals surface area (Å²) in [6.07, 6.45) is 1.71. The summed E-state index contributed by atoms with van der Waals surface area (Å²) in [6, 6.07) is 14.2. The van der Waals surface area contributed by atoms with Gasteiger partial charge in [-0.05, 0) is 35.9 Å². The van der Waals surface area contributed by atoms with Crippen molar-refractivity contribution in [2.45, 2.75) is 6.04 Å². The molecule has 0 bridgehead atoms. The number of ether oxygens (including phenoxy) is 4. The average Bonchev–Trinajstić information content (AvgIpc) is 3.34. The number of hydrogen-bond acceptors (Lipinski definition) is 7. The Hall–Kier alpha value is -3.61. The molecule has 1 unspecified atom stereocenters. The summed E-state index contributed by atoms with van der Waals surface area (Å²) >= 11 is 0. The van der Waals surface area contributed by atoms with E-state index >= 15 is 0 Å². The molecule has 7 nitrogen and oxygen atoms in total. The lowest BCUT2D eigenvalue weighted by Crippen LogP contribution is -2.13. The molecular formula is C20H16N2O5. The molecule has 0 radical (unpaired) electrons. The van der Waals surface area contributed by atoms with Gasteiger partial charge in [0.05, 0.1) is 6.04 Å². The number of hydrogen-bond donors (Lipinski definition) is 2. The first-order valence-electron chi connectivity index (χ1n) is 8.47. The molecule has 2 aliphatic rings. The molecule has 2 N–H and O–H groups in total. The standard InChI is InChI=1S/C20H16N2O5/c23-14-9-18-17(26-11-27-18)8-13(14)20(22-19-3-1-2-6-21-19)12-4-5-15-16(7-12)25-10-24-15/h1-9,20,23H,10-11H2,(H,21,22). The topological polar surface area (TPSA) is 82.1 Å². The van der Waals surface area contributed by atoms with E-state index < -0.39 is 0 Å². The quantitative estimate of drug-likeness (QED) is 0.734. The highest BCUT2D eigenvalue weighted by Gasteiger charge is 2.25. The number of nitrogens with one attached hydrogen (secondary N) is 1. The molecule has 0 fully saturated rings. The lowest BCUT2D eigenvalue weighted by atomic mass is 9.96. The van der Waals surface area contributed by atoms with Gasteiger partial charge in [-0.2, -0.15) is 0 Å². The molecule has 3 heterocycles. The van der Waals surface area contributed by atoms with Crippen molar-refractivity contribution in [2.75, 3.05) is 18.9 Å². The van der Waals surface area contributed by atoms with E-state index in [1.807, 2.05) is 36.4 Å². The minimum atomic E-state index is -0.385. The van der Waals surface area contributed by atoms with E-state index in [9.17, 15) is 5.11 Å². The van der Waals surface area contributed by atoms with Crippen LogP contribution in [0.5, 0.6) is 28.7 Å². The van der Waals surface area contributed by atoms with E-state index in [0.717, 1.165) is 5.56 Å². The van der Waals surface area contributed by atoms with Crippen molar-refractivity contribution in [1.82, 2.24) is 4.98 Å². The van der Waals surface area contributed by atoms with Crippen LogP contribution in [0.2, 0.25) is 0 Å². The van der Waals surface area contributed by atoms with Crippen LogP contribution in [0.15, 0.2) is 54.7 Å². The zero-order valence-electron chi connectivity index (χ0n) is 14.2. The highest BCUT2D eigenvalue weighted by molar-refractivity contribution is 5.58. The van der Waals surface area contributed by atoms with Crippen molar-refractivity contribution >= 4 is 5.82 Å². The molecule has 2 aliphatic heterocycles. The predicted octanol–water partition coefficient (Wildman–Crippen LogP) is 3.45. The maximum absolute atomic E-state index is 10.6. The van der Waals surface area contributed by atoms with Crippen molar-refractivity contribution in [1.29, 1.82) is 0 Å². The zero-order chi connectivity index (χ0) is 18.2. The van der Waals surface area contributed by atoms with Crippen LogP contribution < -0.4 is 24.3 Å². The first-order valence-corrected chi connectivity index (χ1v) is 8.47. The van der Waals surface area contributed by atoms with Gasteiger partial charge in [-0.3, -0.25) is 0 Å². The molecule has 0 aliphatic carbocycles. The number of rotatable bonds is 4. The molecule has 1 aromatic heterocycles. The van der Waals surface area contributed by atoms with Gasteiger partial charge < -0.3 is 29.4 Å². The molecule has 7 heteroatoms. The predicted molar refractivity (Wildman–Crippen MR) is 96.5 cm³/mol. The number of pyridine rings is 1. The maximum Gasteiger partial charge on any atom is 0.231 e. The van der Waals surface area contributed by atoms with Crippen LogP contribution in [0.1, 0.15) is 17.2 Å². The number of fused-ring (bicyclic) bond motifs is 2. The van der Waals surface area contributed by atoms with E-state index in [1.165, 1.54) is 0 Å². The first-order chi connectivity index (χ1) is 13.3. The summed E-state index contributed by atoms with van der Waals surface area (Å²) in [5.74, 6) is 3.27. The van der Waals surface area contributed by atoms with Gasteiger partial charge in [0, 0.05) is 17.8 Å². The van der Waals surface area contributed by atoms with Crippen molar-refractivity contribution in [3.05, 3.63) is 65.9 Å². The van der Waals surface area contributed by atoms with Gasteiger partial charge in [0.2, 0.25) is 13.6 Å². The Morgan fingerprint density at radius 3 is 2.37 bits per heavy atom. The van der Waals surface area contributed by atoms with Crippen LogP contribution >= 0.6 is 0 Å². The second kappa shape index (κ2) is 6.28. The SMILES string of the molecule is Oc1cc2c(cc1C(Nc1ccccn1)c1ccc3c(c1)OCO3)OCO2. The van der Waals surface area contributed by atoms with Crippen LogP contribution in [0.4, 0.5) is 5.82 Å². The second-order valence-electron chi connectivity index (χ2n) is 6.17. The molecule has 3 aromatic rings. The van der Waals surface area contributed by atoms with Crippen molar-refractivity contribution in [3.8, 4) is 28.7 Å². The Labute approximate surface area is 155 Å². The number of nitrogens with zero attached hydrogens (tertiary/aromatic N) is 1. The van der Waals surface area contributed by atoms with Gasteiger partial charge in [-0.15, -0.1) is 0 Å². The summed E-state index contributed by atoms with van der Waals surface area (Å²) in [5.41, 5.74) is 1.53. The van der Waals surface area contributed by atoms with Gasteiger partial charge in [0.25, 0.3) is 0 Å². The van der Waals surface area contributed by atoms with Crippen LogP contribution in [0.3, 0.4) is 0 Å². The molecule has 2 aromatic carbocycles. The summed E-state index contributed by atoms with van der Waals surface area (Å²) in [6.45, 7) is 0.340. The smallest absolute Gasteiger partial charge is 0.231 e. The largest absolute Gasteiger partial charge is 0.507 e. The van der Waals surface area contributed by atoms with Gasteiger partial charge in [-0.25, -0.2) is 4.98 Å². The Morgan fingerprint density at radius 1 is 0.852 bits per heavy atom. The van der Waals surface area contributed by atoms with Gasteiger partial charge in [0.1, 0.15) is 11.6 Å². The Morgan fingerprint density at radius 2 is 1.59 bits per heavy atom. The molecule has 0 saturated carbocycles. The lowest BCUT2D eigenvalue weighted by molar-refractivity contribution is 0.173. The van der Waals surface area contributed by atoms with Crippen molar-refractivity contribution in [3.63, 3.8) is 0 Å². The third-order valence-corrected chi connectivity index (χ3v) is 4.52. The Bertz CT molecular complexity index is 993. The third-order valence-electron chi connectivity index (χ3n) is 4.52. The Balaban J connectivity index is 1.60. The van der Waals surface area contributed by atoms with Crippen molar-refractivity contribution in [2.24, 2.45) is 0 Å². The monoisotopic (exact) mass is 364 g/mol. The number of phenols is 1. The van der Waals surface area contributed by atoms with Crippen LogP contribution in [-0.4, -0.2) is 23.7 Å². The molecule has 0 spiro atoms. The molecule has 136 valence electrons. The van der Waals surface area contributed by atoms with E-state index in [-0.39, 0.29) is 25.4 Å². The Kier molecular flexibility index (Phi) is 3.64. The normalized spacial score (nSPS) is 14.8. The minimum Gasteiger partial charge on any atom is -0.507 e. The minimum absolute atomic E-state index is 0.102. The van der Waals surface area contributed by atoms with Gasteiger partial charge >= 0.3 is 0 Å². The maximum atomic E-state index is 10.6. The fourth-order valence-corrected chi connectivity index (χ4v) is 3.21. The highest BCUT2D eigenvalue weighted by atomic mass is 16.7. The van der Waals surface area contributed by atoms with Crippen molar-refractivity contribution < 1.29 is 24.1 Å². The first kappa shape index (κ1) is 15.6. The molecule has 0 saturated heterocycles. The number of anilines is 1. The van der Waals surface area contributed by atoms with E-state index in [1.54, 1.807) is 18.3 Å². The van der Waals surface area contributed by atoms with E-state index in [0.29, 0.717) is 34.4 Å². The average molecular weight is 364 g/mol. The fourth-order valence-electron chi connectivity index (χ4n) is 3.21. The number of aromatic hydroxyl groups is 1. The molecular weight excluding hydrogens is 348 g/mol. The fraction of sp³-hybridized carbons (Fsp3) is 0.150. The number of aromatic nitrogens is 1. The van der Waals surface area contributed by atoms with Crippen LogP contribution in [0.25, 0.3) is 0 Å². The van der Waals surface area contributed by atoms with E-state index in [4.69, 9.17) is 18.9 Å². The van der Waals surface area contributed by atoms with Crippen LogP contribution in [-0.2, 0) is 0 Å². The highest BCUT2D eigenvalue weighted by Crippen LogP contribution is 2.43. The third kappa shape index (κ3) is 2.83. The zero-order valence-corrected chi connectivity index (χ0v) is 14.2. The van der Waals surface area contributed by atoms with Gasteiger partial charge in [0.15, 0.2) is 23.0 Å². The summed E-state index contributed by atoms with van der Waals surface area (Å²) < 4.78 is 21.7. The molecule has 0 amide bonds. The van der Waals surface area contributed by atoms with E-state index in [2.05, 4.69) is 10.3 Å². The molecule has 5 rings (SSSR count). The summed E-state index contributed by atoms with van der Waals surface area (Å²) in [5, 5.41) is 14.0. The number of benzene rings is 2. The molecule has 1 atom stereocenters.